The lowest BCUT2D eigenvalue weighted by Crippen LogP contribution is -2.30. The summed E-state index contributed by atoms with van der Waals surface area (Å²) in [5.41, 5.74) is 3.80. The molecule has 2 aromatic rings. The number of hydrogen-bond acceptors (Lipinski definition) is 3. The van der Waals surface area contributed by atoms with Crippen LogP contribution in [0.4, 0.5) is 0 Å². The molecular formula is C15H22N2O2. The SMILES string of the molecule is COCC(O)CNCc1c(C)c2ccccc2n1C. The van der Waals surface area contributed by atoms with Gasteiger partial charge in [-0.05, 0) is 18.6 Å². The molecule has 0 aliphatic carbocycles. The molecule has 0 saturated heterocycles. The zero-order chi connectivity index (χ0) is 13.8. The standard InChI is InChI=1S/C15H22N2O2/c1-11-13-6-4-5-7-14(13)17(2)15(11)9-16-8-12(18)10-19-3/h4-7,12,16,18H,8-10H2,1-3H3. The highest BCUT2D eigenvalue weighted by Gasteiger charge is 2.11. The summed E-state index contributed by atoms with van der Waals surface area (Å²) in [5, 5.41) is 14.2. The number of ether oxygens (including phenoxy) is 1. The Hall–Kier alpha value is -1.36. The van der Waals surface area contributed by atoms with Crippen LogP contribution in [0.25, 0.3) is 10.9 Å². The van der Waals surface area contributed by atoms with Crippen LogP contribution in [-0.2, 0) is 18.3 Å². The zero-order valence-corrected chi connectivity index (χ0v) is 11.8. The summed E-state index contributed by atoms with van der Waals surface area (Å²) in [4.78, 5) is 0. The number of methoxy groups -OCH3 is 1. The van der Waals surface area contributed by atoms with Gasteiger partial charge in [-0.15, -0.1) is 0 Å². The number of aliphatic hydroxyl groups excluding tert-OH is 1. The van der Waals surface area contributed by atoms with Crippen LogP contribution >= 0.6 is 0 Å². The van der Waals surface area contributed by atoms with Crippen molar-refractivity contribution in [2.75, 3.05) is 20.3 Å². The summed E-state index contributed by atoms with van der Waals surface area (Å²) < 4.78 is 7.12. The van der Waals surface area contributed by atoms with Gasteiger partial charge in [0.1, 0.15) is 0 Å². The van der Waals surface area contributed by atoms with Crippen LogP contribution in [0, 0.1) is 6.92 Å². The van der Waals surface area contributed by atoms with E-state index in [2.05, 4.69) is 48.1 Å². The number of aromatic nitrogens is 1. The van der Waals surface area contributed by atoms with E-state index in [1.807, 2.05) is 0 Å². The van der Waals surface area contributed by atoms with Gasteiger partial charge < -0.3 is 19.7 Å². The number of aryl methyl sites for hydroxylation is 2. The summed E-state index contributed by atoms with van der Waals surface area (Å²) in [6, 6.07) is 8.40. The van der Waals surface area contributed by atoms with Gasteiger partial charge in [-0.3, -0.25) is 0 Å². The fourth-order valence-corrected chi connectivity index (χ4v) is 2.50. The summed E-state index contributed by atoms with van der Waals surface area (Å²) >= 11 is 0. The predicted octanol–water partition coefficient (Wildman–Crippen LogP) is 1.58. The van der Waals surface area contributed by atoms with E-state index < -0.39 is 6.10 Å². The summed E-state index contributed by atoms with van der Waals surface area (Å²) in [5.74, 6) is 0. The normalized spacial score (nSPS) is 13.1. The number of para-hydroxylation sites is 1. The van der Waals surface area contributed by atoms with Crippen LogP contribution in [-0.4, -0.2) is 36.0 Å². The van der Waals surface area contributed by atoms with E-state index in [1.54, 1.807) is 7.11 Å². The number of rotatable bonds is 6. The van der Waals surface area contributed by atoms with E-state index in [0.29, 0.717) is 13.2 Å². The second-order valence-electron chi connectivity index (χ2n) is 4.89. The Morgan fingerprint density at radius 3 is 2.79 bits per heavy atom. The maximum atomic E-state index is 9.61. The van der Waals surface area contributed by atoms with Gasteiger partial charge in [-0.1, -0.05) is 18.2 Å². The van der Waals surface area contributed by atoms with Crippen molar-refractivity contribution in [3.05, 3.63) is 35.5 Å². The number of aliphatic hydroxyl groups is 1. The summed E-state index contributed by atoms with van der Waals surface area (Å²) in [7, 11) is 3.68. The second kappa shape index (κ2) is 6.19. The Morgan fingerprint density at radius 2 is 2.11 bits per heavy atom. The van der Waals surface area contributed by atoms with E-state index in [4.69, 9.17) is 4.74 Å². The minimum atomic E-state index is -0.458. The Balaban J connectivity index is 2.09. The summed E-state index contributed by atoms with van der Waals surface area (Å²) in [6.07, 6.45) is -0.458. The monoisotopic (exact) mass is 262 g/mol. The molecule has 104 valence electrons. The van der Waals surface area contributed by atoms with E-state index in [-0.39, 0.29) is 0 Å². The molecule has 0 spiro atoms. The van der Waals surface area contributed by atoms with Crippen LogP contribution in [0.3, 0.4) is 0 Å². The van der Waals surface area contributed by atoms with Gasteiger partial charge in [0, 0.05) is 43.8 Å². The zero-order valence-electron chi connectivity index (χ0n) is 11.8. The van der Waals surface area contributed by atoms with Gasteiger partial charge in [-0.25, -0.2) is 0 Å². The van der Waals surface area contributed by atoms with Crippen molar-refractivity contribution < 1.29 is 9.84 Å². The molecule has 1 heterocycles. The van der Waals surface area contributed by atoms with E-state index in [1.165, 1.54) is 22.2 Å². The molecule has 0 radical (unpaired) electrons. The molecule has 0 fully saturated rings. The first kappa shape index (κ1) is 14.1. The lowest BCUT2D eigenvalue weighted by Gasteiger charge is -2.12. The third kappa shape index (κ3) is 2.97. The van der Waals surface area contributed by atoms with Gasteiger partial charge in [0.15, 0.2) is 0 Å². The molecule has 2 N–H and O–H groups in total. The second-order valence-corrected chi connectivity index (χ2v) is 4.89. The van der Waals surface area contributed by atoms with Crippen LogP contribution in [0.5, 0.6) is 0 Å². The number of fused-ring (bicyclic) bond motifs is 1. The molecule has 1 unspecified atom stereocenters. The van der Waals surface area contributed by atoms with Gasteiger partial charge in [-0.2, -0.15) is 0 Å². The lowest BCUT2D eigenvalue weighted by atomic mass is 10.1. The minimum Gasteiger partial charge on any atom is -0.389 e. The first-order valence-corrected chi connectivity index (χ1v) is 6.55. The smallest absolute Gasteiger partial charge is 0.0897 e. The quantitative estimate of drug-likeness (QED) is 0.831. The average molecular weight is 262 g/mol. The highest BCUT2D eigenvalue weighted by Crippen LogP contribution is 2.24. The molecule has 1 atom stereocenters. The molecule has 2 rings (SSSR count). The number of benzene rings is 1. The minimum absolute atomic E-state index is 0.362. The molecule has 0 aliphatic rings. The highest BCUT2D eigenvalue weighted by atomic mass is 16.5. The molecule has 0 aliphatic heterocycles. The van der Waals surface area contributed by atoms with Crippen LogP contribution in [0.15, 0.2) is 24.3 Å². The van der Waals surface area contributed by atoms with E-state index in [0.717, 1.165) is 6.54 Å². The van der Waals surface area contributed by atoms with Crippen LogP contribution in [0.1, 0.15) is 11.3 Å². The van der Waals surface area contributed by atoms with Crippen LogP contribution in [0.2, 0.25) is 0 Å². The van der Waals surface area contributed by atoms with E-state index >= 15 is 0 Å². The largest absolute Gasteiger partial charge is 0.389 e. The molecule has 1 aromatic heterocycles. The van der Waals surface area contributed by atoms with Crippen molar-refractivity contribution in [3.8, 4) is 0 Å². The van der Waals surface area contributed by atoms with Crippen molar-refractivity contribution in [1.82, 2.24) is 9.88 Å². The molecule has 0 saturated carbocycles. The topological polar surface area (TPSA) is 46.4 Å². The van der Waals surface area contributed by atoms with Gasteiger partial charge in [0.2, 0.25) is 0 Å². The molecule has 4 nitrogen and oxygen atoms in total. The molecule has 4 heteroatoms. The number of hydrogen-bond donors (Lipinski definition) is 2. The van der Waals surface area contributed by atoms with Gasteiger partial charge >= 0.3 is 0 Å². The molecule has 19 heavy (non-hydrogen) atoms. The first-order chi connectivity index (χ1) is 9.15. The van der Waals surface area contributed by atoms with Crippen LogP contribution < -0.4 is 5.32 Å². The lowest BCUT2D eigenvalue weighted by molar-refractivity contribution is 0.0643. The molecule has 0 amide bonds. The first-order valence-electron chi connectivity index (χ1n) is 6.55. The molecular weight excluding hydrogens is 240 g/mol. The maximum Gasteiger partial charge on any atom is 0.0897 e. The third-order valence-corrected chi connectivity index (χ3v) is 3.54. The Bertz CT molecular complexity index is 509. The number of nitrogens with zero attached hydrogens (tertiary/aromatic N) is 1. The Labute approximate surface area is 114 Å². The van der Waals surface area contributed by atoms with Crippen molar-refractivity contribution >= 4 is 10.9 Å². The Morgan fingerprint density at radius 1 is 1.37 bits per heavy atom. The average Bonchev–Trinajstić information content (AvgIpc) is 2.65. The fourth-order valence-electron chi connectivity index (χ4n) is 2.50. The van der Waals surface area contributed by atoms with E-state index in [9.17, 15) is 5.11 Å². The van der Waals surface area contributed by atoms with Crippen molar-refractivity contribution in [2.24, 2.45) is 7.05 Å². The fraction of sp³-hybridized carbons (Fsp3) is 0.467. The van der Waals surface area contributed by atoms with Crippen molar-refractivity contribution in [1.29, 1.82) is 0 Å². The Kier molecular flexibility index (Phi) is 4.58. The molecule has 1 aromatic carbocycles. The number of nitrogens with one attached hydrogen (secondary N) is 1. The third-order valence-electron chi connectivity index (χ3n) is 3.54. The van der Waals surface area contributed by atoms with Gasteiger partial charge in [0.05, 0.1) is 12.7 Å². The van der Waals surface area contributed by atoms with Crippen molar-refractivity contribution in [3.63, 3.8) is 0 Å². The van der Waals surface area contributed by atoms with Gasteiger partial charge in [0.25, 0.3) is 0 Å². The predicted molar refractivity (Wildman–Crippen MR) is 77.2 cm³/mol. The molecule has 0 bridgehead atoms. The maximum absolute atomic E-state index is 9.61. The summed E-state index contributed by atoms with van der Waals surface area (Å²) in [6.45, 7) is 3.79. The van der Waals surface area contributed by atoms with Crippen molar-refractivity contribution in [2.45, 2.75) is 19.6 Å². The highest BCUT2D eigenvalue weighted by molar-refractivity contribution is 5.85.